The Kier molecular flexibility index (Phi) is 5.01. The third-order valence-corrected chi connectivity index (χ3v) is 3.84. The van der Waals surface area contributed by atoms with Crippen LogP contribution < -0.4 is 10.1 Å². The van der Waals surface area contributed by atoms with E-state index in [1.165, 1.54) is 6.42 Å². The lowest BCUT2D eigenvalue weighted by atomic mass is 9.83. The lowest BCUT2D eigenvalue weighted by Crippen LogP contribution is -2.47. The van der Waals surface area contributed by atoms with Crippen molar-refractivity contribution >= 4 is 11.6 Å². The second kappa shape index (κ2) is 6.75. The lowest BCUT2D eigenvalue weighted by molar-refractivity contribution is -0.145. The van der Waals surface area contributed by atoms with E-state index in [0.29, 0.717) is 6.61 Å². The fourth-order valence-corrected chi connectivity index (χ4v) is 2.76. The van der Waals surface area contributed by atoms with Crippen molar-refractivity contribution in [2.24, 2.45) is 0 Å². The van der Waals surface area contributed by atoms with Gasteiger partial charge in [-0.3, -0.25) is 4.79 Å². The first-order chi connectivity index (χ1) is 9.70. The molecule has 0 saturated heterocycles. The summed E-state index contributed by atoms with van der Waals surface area (Å²) in [5.74, 6) is 0.754. The quantitative estimate of drug-likeness (QED) is 0.897. The summed E-state index contributed by atoms with van der Waals surface area (Å²) in [5.41, 5.74) is 0.132. The zero-order chi connectivity index (χ0) is 14.4. The third-order valence-electron chi connectivity index (χ3n) is 3.84. The Morgan fingerprint density at radius 1 is 1.20 bits per heavy atom. The van der Waals surface area contributed by atoms with Crippen molar-refractivity contribution in [1.82, 2.24) is 0 Å². The van der Waals surface area contributed by atoms with Crippen LogP contribution in [0.1, 0.15) is 39.0 Å². The molecule has 2 rings (SSSR count). The predicted octanol–water partition coefficient (Wildman–Crippen LogP) is 3.37. The van der Waals surface area contributed by atoms with Crippen molar-refractivity contribution < 1.29 is 14.3 Å². The van der Waals surface area contributed by atoms with Gasteiger partial charge in [0.05, 0.1) is 7.11 Å². The van der Waals surface area contributed by atoms with E-state index < -0.39 is 5.60 Å². The van der Waals surface area contributed by atoms with Crippen LogP contribution in [-0.2, 0) is 9.53 Å². The summed E-state index contributed by atoms with van der Waals surface area (Å²) >= 11 is 0. The van der Waals surface area contributed by atoms with Gasteiger partial charge in [-0.1, -0.05) is 19.3 Å². The first-order valence-corrected chi connectivity index (χ1v) is 7.29. The molecule has 0 spiro atoms. The largest absolute Gasteiger partial charge is 0.497 e. The second-order valence-corrected chi connectivity index (χ2v) is 5.17. The molecule has 0 atom stereocenters. The Balaban J connectivity index is 2.07. The minimum Gasteiger partial charge on any atom is -0.497 e. The Morgan fingerprint density at radius 3 is 2.40 bits per heavy atom. The Bertz CT molecular complexity index is 430. The van der Waals surface area contributed by atoms with E-state index in [1.54, 1.807) is 7.11 Å². The van der Waals surface area contributed by atoms with Crippen LogP contribution in [0.15, 0.2) is 24.3 Å². The molecule has 1 fully saturated rings. The van der Waals surface area contributed by atoms with E-state index >= 15 is 0 Å². The number of nitrogens with one attached hydrogen (secondary N) is 1. The molecule has 0 radical (unpaired) electrons. The van der Waals surface area contributed by atoms with Crippen LogP contribution in [0, 0.1) is 0 Å². The van der Waals surface area contributed by atoms with Crippen LogP contribution in [0.4, 0.5) is 5.69 Å². The maximum atomic E-state index is 12.6. The molecule has 0 aliphatic heterocycles. The van der Waals surface area contributed by atoms with E-state index in [4.69, 9.17) is 9.47 Å². The molecule has 4 heteroatoms. The molecule has 0 bridgehead atoms. The first kappa shape index (κ1) is 14.9. The maximum absolute atomic E-state index is 12.6. The van der Waals surface area contributed by atoms with E-state index in [9.17, 15) is 4.79 Å². The number of hydrogen-bond acceptors (Lipinski definition) is 3. The molecule has 110 valence electrons. The van der Waals surface area contributed by atoms with Gasteiger partial charge in [0.2, 0.25) is 0 Å². The van der Waals surface area contributed by atoms with Gasteiger partial charge in [0.25, 0.3) is 5.91 Å². The van der Waals surface area contributed by atoms with Crippen LogP contribution in [-0.4, -0.2) is 25.2 Å². The van der Waals surface area contributed by atoms with E-state index in [1.807, 2.05) is 31.2 Å². The first-order valence-electron chi connectivity index (χ1n) is 7.29. The van der Waals surface area contributed by atoms with Crippen molar-refractivity contribution in [2.45, 2.75) is 44.6 Å². The molecule has 1 aromatic rings. The van der Waals surface area contributed by atoms with Gasteiger partial charge < -0.3 is 14.8 Å². The van der Waals surface area contributed by atoms with Gasteiger partial charge in [0.1, 0.15) is 11.4 Å². The number of benzene rings is 1. The summed E-state index contributed by atoms with van der Waals surface area (Å²) in [6.07, 6.45) is 4.91. The monoisotopic (exact) mass is 277 g/mol. The van der Waals surface area contributed by atoms with Gasteiger partial charge in [0.15, 0.2) is 0 Å². The average molecular weight is 277 g/mol. The summed E-state index contributed by atoms with van der Waals surface area (Å²) in [6, 6.07) is 7.37. The number of ether oxygens (including phenoxy) is 2. The molecule has 1 aliphatic carbocycles. The standard InChI is InChI=1S/C16H23NO3/c1-3-20-16(11-5-4-6-12-16)15(18)17-13-7-9-14(19-2)10-8-13/h7-10H,3-6,11-12H2,1-2H3,(H,17,18). The number of hydrogen-bond donors (Lipinski definition) is 1. The minimum absolute atomic E-state index is 0.0239. The molecular formula is C16H23NO3. The molecule has 1 aliphatic rings. The Hall–Kier alpha value is -1.55. The molecule has 1 aromatic carbocycles. The predicted molar refractivity (Wildman–Crippen MR) is 79.1 cm³/mol. The normalized spacial score (nSPS) is 17.5. The smallest absolute Gasteiger partial charge is 0.256 e. The van der Waals surface area contributed by atoms with Crippen LogP contribution in [0.5, 0.6) is 5.75 Å². The highest BCUT2D eigenvalue weighted by Crippen LogP contribution is 2.33. The van der Waals surface area contributed by atoms with Gasteiger partial charge >= 0.3 is 0 Å². The Morgan fingerprint density at radius 2 is 1.85 bits per heavy atom. The molecule has 0 unspecified atom stereocenters. The fourth-order valence-electron chi connectivity index (χ4n) is 2.76. The molecule has 1 N–H and O–H groups in total. The molecule has 0 aromatic heterocycles. The molecule has 0 heterocycles. The van der Waals surface area contributed by atoms with E-state index in [2.05, 4.69) is 5.32 Å². The van der Waals surface area contributed by atoms with Gasteiger partial charge in [0, 0.05) is 12.3 Å². The number of rotatable bonds is 5. The van der Waals surface area contributed by atoms with Crippen molar-refractivity contribution in [3.63, 3.8) is 0 Å². The highest BCUT2D eigenvalue weighted by atomic mass is 16.5. The lowest BCUT2D eigenvalue weighted by Gasteiger charge is -2.35. The van der Waals surface area contributed by atoms with Crippen molar-refractivity contribution in [3.8, 4) is 5.75 Å². The minimum atomic E-state index is -0.646. The molecular weight excluding hydrogens is 254 g/mol. The SMILES string of the molecule is CCOC1(C(=O)Nc2ccc(OC)cc2)CCCCC1. The number of carbonyl (C=O) groups excluding carboxylic acids is 1. The van der Waals surface area contributed by atoms with Crippen molar-refractivity contribution in [2.75, 3.05) is 19.0 Å². The van der Waals surface area contributed by atoms with Gasteiger partial charge in [-0.25, -0.2) is 0 Å². The summed E-state index contributed by atoms with van der Waals surface area (Å²) in [5, 5.41) is 2.97. The zero-order valence-electron chi connectivity index (χ0n) is 12.3. The van der Waals surface area contributed by atoms with Crippen LogP contribution in [0.25, 0.3) is 0 Å². The highest BCUT2D eigenvalue weighted by Gasteiger charge is 2.40. The third kappa shape index (κ3) is 3.31. The fraction of sp³-hybridized carbons (Fsp3) is 0.562. The van der Waals surface area contributed by atoms with Crippen LogP contribution in [0.3, 0.4) is 0 Å². The average Bonchev–Trinajstić information content (AvgIpc) is 2.49. The van der Waals surface area contributed by atoms with Crippen LogP contribution >= 0.6 is 0 Å². The summed E-state index contributed by atoms with van der Waals surface area (Å²) < 4.78 is 10.9. The number of carbonyl (C=O) groups is 1. The summed E-state index contributed by atoms with van der Waals surface area (Å²) in [4.78, 5) is 12.6. The molecule has 1 saturated carbocycles. The van der Waals surface area contributed by atoms with Crippen molar-refractivity contribution in [3.05, 3.63) is 24.3 Å². The summed E-state index contributed by atoms with van der Waals surface area (Å²) in [6.45, 7) is 2.51. The second-order valence-electron chi connectivity index (χ2n) is 5.17. The van der Waals surface area contributed by atoms with Crippen molar-refractivity contribution in [1.29, 1.82) is 0 Å². The summed E-state index contributed by atoms with van der Waals surface area (Å²) in [7, 11) is 1.62. The zero-order valence-corrected chi connectivity index (χ0v) is 12.3. The maximum Gasteiger partial charge on any atom is 0.256 e. The van der Waals surface area contributed by atoms with Gasteiger partial charge in [-0.05, 0) is 44.0 Å². The van der Waals surface area contributed by atoms with E-state index in [0.717, 1.165) is 37.1 Å². The van der Waals surface area contributed by atoms with Gasteiger partial charge in [-0.15, -0.1) is 0 Å². The highest BCUT2D eigenvalue weighted by molar-refractivity contribution is 5.97. The number of anilines is 1. The van der Waals surface area contributed by atoms with Gasteiger partial charge in [-0.2, -0.15) is 0 Å². The molecule has 4 nitrogen and oxygen atoms in total. The molecule has 20 heavy (non-hydrogen) atoms. The Labute approximate surface area is 120 Å². The van der Waals surface area contributed by atoms with Crippen LogP contribution in [0.2, 0.25) is 0 Å². The topological polar surface area (TPSA) is 47.6 Å². The molecule has 1 amide bonds. The number of methoxy groups -OCH3 is 1. The van der Waals surface area contributed by atoms with E-state index in [-0.39, 0.29) is 5.91 Å². The number of amides is 1.